The van der Waals surface area contributed by atoms with E-state index >= 15 is 0 Å². The maximum atomic E-state index is 13.4. The molecule has 0 atom stereocenters. The van der Waals surface area contributed by atoms with Gasteiger partial charge in [0, 0.05) is 5.69 Å². The maximum absolute atomic E-state index is 13.4. The van der Waals surface area contributed by atoms with Crippen LogP contribution in [0.15, 0.2) is 69.6 Å². The molecule has 2 heterocycles. The molecule has 158 valence electrons. The van der Waals surface area contributed by atoms with Crippen molar-refractivity contribution in [3.63, 3.8) is 0 Å². The molecule has 2 aromatic heterocycles. The minimum absolute atomic E-state index is 0.190. The number of nitrogens with zero attached hydrogens (tertiary/aromatic N) is 2. The highest BCUT2D eigenvalue weighted by Gasteiger charge is 2.19. The third-order valence-corrected chi connectivity index (χ3v) is 6.16. The standard InChI is InChI=1S/C24H23N3O3S/c1-15(2)17-9-5-6-10-18(17)25-21(28)14-26-20-12-13-31-22(20)23(29)27(24(26)30)19-11-7-4-8-16(19)3/h4-13,15H,14H2,1-3H3,(H,25,28). The van der Waals surface area contributed by atoms with Crippen LogP contribution in [-0.2, 0) is 11.3 Å². The summed E-state index contributed by atoms with van der Waals surface area (Å²) >= 11 is 1.26. The van der Waals surface area contributed by atoms with Gasteiger partial charge in [0.15, 0.2) is 0 Å². The largest absolute Gasteiger partial charge is 0.336 e. The van der Waals surface area contributed by atoms with E-state index in [1.807, 2.05) is 43.3 Å². The first-order valence-electron chi connectivity index (χ1n) is 10.1. The van der Waals surface area contributed by atoms with Crippen LogP contribution in [0, 0.1) is 6.92 Å². The van der Waals surface area contributed by atoms with Crippen molar-refractivity contribution in [2.75, 3.05) is 5.32 Å². The highest BCUT2D eigenvalue weighted by Crippen LogP contribution is 2.24. The summed E-state index contributed by atoms with van der Waals surface area (Å²) in [5, 5.41) is 4.69. The van der Waals surface area contributed by atoms with Gasteiger partial charge in [-0.05, 0) is 47.5 Å². The van der Waals surface area contributed by atoms with Gasteiger partial charge in [-0.15, -0.1) is 11.3 Å². The molecule has 4 aromatic rings. The van der Waals surface area contributed by atoms with Gasteiger partial charge in [-0.3, -0.25) is 14.2 Å². The molecular weight excluding hydrogens is 410 g/mol. The highest BCUT2D eigenvalue weighted by molar-refractivity contribution is 7.17. The van der Waals surface area contributed by atoms with Crippen LogP contribution in [0.3, 0.4) is 0 Å². The van der Waals surface area contributed by atoms with E-state index in [9.17, 15) is 14.4 Å². The molecule has 1 amide bonds. The zero-order valence-corrected chi connectivity index (χ0v) is 18.4. The minimum atomic E-state index is -0.530. The van der Waals surface area contributed by atoms with Gasteiger partial charge >= 0.3 is 5.69 Å². The number of amides is 1. The summed E-state index contributed by atoms with van der Waals surface area (Å²) in [6.07, 6.45) is 0. The Morgan fingerprint density at radius 1 is 1.03 bits per heavy atom. The summed E-state index contributed by atoms with van der Waals surface area (Å²) in [4.78, 5) is 39.4. The van der Waals surface area contributed by atoms with E-state index in [0.29, 0.717) is 15.9 Å². The molecule has 0 saturated heterocycles. The Labute approximate surface area is 183 Å². The second kappa shape index (κ2) is 8.35. The van der Waals surface area contributed by atoms with Crippen molar-refractivity contribution in [3.05, 3.63) is 91.9 Å². The number of carbonyl (C=O) groups is 1. The van der Waals surface area contributed by atoms with E-state index in [1.165, 1.54) is 15.9 Å². The smallest absolute Gasteiger partial charge is 0.324 e. The highest BCUT2D eigenvalue weighted by atomic mass is 32.1. The normalized spacial score (nSPS) is 11.2. The monoisotopic (exact) mass is 433 g/mol. The fourth-order valence-corrected chi connectivity index (χ4v) is 4.54. The van der Waals surface area contributed by atoms with E-state index in [0.717, 1.165) is 21.4 Å². The van der Waals surface area contributed by atoms with Crippen molar-refractivity contribution in [1.82, 2.24) is 9.13 Å². The van der Waals surface area contributed by atoms with Gasteiger partial charge in [0.25, 0.3) is 5.56 Å². The summed E-state index contributed by atoms with van der Waals surface area (Å²) in [6.45, 7) is 5.77. The molecule has 0 saturated carbocycles. The van der Waals surface area contributed by atoms with Crippen molar-refractivity contribution in [2.24, 2.45) is 0 Å². The van der Waals surface area contributed by atoms with E-state index < -0.39 is 5.69 Å². The summed E-state index contributed by atoms with van der Waals surface area (Å²) < 4.78 is 2.97. The first-order valence-corrected chi connectivity index (χ1v) is 10.9. The number of rotatable bonds is 5. The molecule has 0 bridgehead atoms. The molecule has 7 heteroatoms. The molecule has 6 nitrogen and oxygen atoms in total. The molecule has 1 N–H and O–H groups in total. The molecule has 0 unspecified atom stereocenters. The summed E-state index contributed by atoms with van der Waals surface area (Å²) in [5.74, 6) is -0.0801. The summed E-state index contributed by atoms with van der Waals surface area (Å²) in [5.41, 5.74) is 2.64. The van der Waals surface area contributed by atoms with Crippen LogP contribution in [0.2, 0.25) is 0 Å². The molecule has 0 aliphatic rings. The Morgan fingerprint density at radius 3 is 2.48 bits per heavy atom. The number of hydrogen-bond donors (Lipinski definition) is 1. The zero-order chi connectivity index (χ0) is 22.1. The van der Waals surface area contributed by atoms with Crippen LogP contribution in [-0.4, -0.2) is 15.0 Å². The van der Waals surface area contributed by atoms with Crippen LogP contribution in [0.1, 0.15) is 30.9 Å². The Hall–Kier alpha value is -3.45. The Bertz CT molecular complexity index is 1400. The van der Waals surface area contributed by atoms with Crippen LogP contribution >= 0.6 is 11.3 Å². The fourth-order valence-electron chi connectivity index (χ4n) is 3.71. The van der Waals surface area contributed by atoms with Crippen LogP contribution in [0.25, 0.3) is 15.9 Å². The fraction of sp³-hybridized carbons (Fsp3) is 0.208. The molecule has 31 heavy (non-hydrogen) atoms. The maximum Gasteiger partial charge on any atom is 0.336 e. The van der Waals surface area contributed by atoms with Gasteiger partial charge in [-0.1, -0.05) is 50.2 Å². The predicted molar refractivity (Wildman–Crippen MR) is 126 cm³/mol. The minimum Gasteiger partial charge on any atom is -0.324 e. The Kier molecular flexibility index (Phi) is 5.61. The zero-order valence-electron chi connectivity index (χ0n) is 17.6. The summed E-state index contributed by atoms with van der Waals surface area (Å²) in [6, 6.07) is 16.6. The summed E-state index contributed by atoms with van der Waals surface area (Å²) in [7, 11) is 0. The predicted octanol–water partition coefficient (Wildman–Crippen LogP) is 4.28. The van der Waals surface area contributed by atoms with E-state index in [2.05, 4.69) is 19.2 Å². The first-order chi connectivity index (χ1) is 14.9. The number of benzene rings is 2. The molecule has 0 aliphatic heterocycles. The van der Waals surface area contributed by atoms with Crippen molar-refractivity contribution >= 4 is 33.1 Å². The van der Waals surface area contributed by atoms with Crippen molar-refractivity contribution in [1.29, 1.82) is 0 Å². The molecule has 4 rings (SSSR count). The van der Waals surface area contributed by atoms with E-state index in [-0.39, 0.29) is 23.9 Å². The number of carbonyl (C=O) groups excluding carboxylic acids is 1. The lowest BCUT2D eigenvalue weighted by molar-refractivity contribution is -0.116. The van der Waals surface area contributed by atoms with Crippen LogP contribution < -0.4 is 16.6 Å². The van der Waals surface area contributed by atoms with Crippen LogP contribution in [0.4, 0.5) is 5.69 Å². The van der Waals surface area contributed by atoms with Gasteiger partial charge in [-0.25, -0.2) is 9.36 Å². The molecule has 0 radical (unpaired) electrons. The number of fused-ring (bicyclic) bond motifs is 1. The van der Waals surface area contributed by atoms with Gasteiger partial charge in [0.05, 0.1) is 11.2 Å². The van der Waals surface area contributed by atoms with Gasteiger partial charge in [-0.2, -0.15) is 0 Å². The lowest BCUT2D eigenvalue weighted by Crippen LogP contribution is -2.40. The average molecular weight is 434 g/mol. The van der Waals surface area contributed by atoms with Crippen molar-refractivity contribution in [2.45, 2.75) is 33.2 Å². The van der Waals surface area contributed by atoms with E-state index in [1.54, 1.807) is 23.6 Å². The number of hydrogen-bond acceptors (Lipinski definition) is 4. The van der Waals surface area contributed by atoms with Gasteiger partial charge in [0.1, 0.15) is 11.2 Å². The molecule has 2 aromatic carbocycles. The number of nitrogens with one attached hydrogen (secondary N) is 1. The molecule has 0 spiro atoms. The van der Waals surface area contributed by atoms with Crippen LogP contribution in [0.5, 0.6) is 0 Å². The van der Waals surface area contributed by atoms with Gasteiger partial charge < -0.3 is 5.32 Å². The van der Waals surface area contributed by atoms with E-state index in [4.69, 9.17) is 0 Å². The molecule has 0 fully saturated rings. The number of para-hydroxylation sites is 2. The Morgan fingerprint density at radius 2 is 1.74 bits per heavy atom. The first kappa shape index (κ1) is 20.8. The quantitative estimate of drug-likeness (QED) is 0.510. The molecule has 0 aliphatic carbocycles. The third-order valence-electron chi connectivity index (χ3n) is 5.27. The number of thiophene rings is 1. The van der Waals surface area contributed by atoms with Crippen molar-refractivity contribution < 1.29 is 4.79 Å². The topological polar surface area (TPSA) is 73.1 Å². The van der Waals surface area contributed by atoms with Crippen molar-refractivity contribution in [3.8, 4) is 5.69 Å². The number of aromatic nitrogens is 2. The average Bonchev–Trinajstić information content (AvgIpc) is 3.23. The van der Waals surface area contributed by atoms with Gasteiger partial charge in [0.2, 0.25) is 5.91 Å². The lowest BCUT2D eigenvalue weighted by atomic mass is 10.0. The second-order valence-electron chi connectivity index (χ2n) is 7.72. The number of anilines is 1. The second-order valence-corrected chi connectivity index (χ2v) is 8.64. The molecular formula is C24H23N3O3S. The SMILES string of the molecule is Cc1ccccc1-n1c(=O)c2sccc2n(CC(=O)Nc2ccccc2C(C)C)c1=O. The lowest BCUT2D eigenvalue weighted by Gasteiger charge is -2.16. The number of aryl methyl sites for hydroxylation is 1. The Balaban J connectivity index is 1.79. The third kappa shape index (κ3) is 3.84.